The van der Waals surface area contributed by atoms with Crippen molar-refractivity contribution in [2.75, 3.05) is 0 Å². The van der Waals surface area contributed by atoms with E-state index in [2.05, 4.69) is 0 Å². The zero-order chi connectivity index (χ0) is 14.0. The molecule has 0 aliphatic heterocycles. The minimum absolute atomic E-state index is 0.0247. The molecule has 8 heteroatoms. The van der Waals surface area contributed by atoms with Gasteiger partial charge in [0.15, 0.2) is 0 Å². The van der Waals surface area contributed by atoms with Gasteiger partial charge < -0.3 is 5.11 Å². The number of carbonyl (C=O) groups is 1. The Balaban J connectivity index is 3.63. The molecule has 1 aromatic rings. The smallest absolute Gasteiger partial charge is 0.346 e. The third-order valence-electron chi connectivity index (χ3n) is 1.88. The van der Waals surface area contributed by atoms with Gasteiger partial charge in [0.2, 0.25) is 0 Å². The van der Waals surface area contributed by atoms with E-state index in [-0.39, 0.29) is 30.7 Å². The first-order chi connectivity index (χ1) is 8.31. The molecule has 3 nitrogen and oxygen atoms in total. The Morgan fingerprint density at radius 2 is 1.39 bits per heavy atom. The maximum atomic E-state index is 10.7. The van der Waals surface area contributed by atoms with Crippen LogP contribution in [0.4, 0.5) is 0 Å². The maximum Gasteiger partial charge on any atom is 0.346 e. The molecule has 0 aromatic heterocycles. The summed E-state index contributed by atoms with van der Waals surface area (Å²) in [6.07, 6.45) is 0.973. The summed E-state index contributed by atoms with van der Waals surface area (Å²) < 4.78 is 0. The minimum Gasteiger partial charge on any atom is -0.477 e. The Hall–Kier alpha value is -0.630. The lowest BCUT2D eigenvalue weighted by atomic mass is 10.1. The lowest BCUT2D eigenvalue weighted by molar-refractivity contribution is -0.132. The van der Waals surface area contributed by atoms with Gasteiger partial charge in [-0.05, 0) is 6.08 Å². The average Bonchev–Trinajstić information content (AvgIpc) is 2.34. The lowest BCUT2D eigenvalue weighted by Gasteiger charge is -2.09. The number of rotatable bonds is 2. The Morgan fingerprint density at radius 3 is 1.72 bits per heavy atom. The number of benzene rings is 1. The van der Waals surface area contributed by atoms with Gasteiger partial charge in [0.1, 0.15) is 11.6 Å². The zero-order valence-corrected chi connectivity index (χ0v) is 12.0. The Bertz CT molecular complexity index is 574. The molecular weight excluding hydrogens is 343 g/mol. The van der Waals surface area contributed by atoms with Gasteiger partial charge in [-0.3, -0.25) is 0 Å². The molecule has 0 radical (unpaired) electrons. The van der Waals surface area contributed by atoms with Crippen molar-refractivity contribution in [3.05, 3.63) is 36.2 Å². The average molecular weight is 345 g/mol. The summed E-state index contributed by atoms with van der Waals surface area (Å²) in [7, 11) is 0. The second kappa shape index (κ2) is 6.01. The fraction of sp³-hybridized carbons (Fsp3) is 0. The second-order valence-electron chi connectivity index (χ2n) is 2.96. The summed E-state index contributed by atoms with van der Waals surface area (Å²) in [5, 5.41) is 17.1. The van der Waals surface area contributed by atoms with E-state index in [4.69, 9.17) is 68.4 Å². The van der Waals surface area contributed by atoms with Crippen LogP contribution in [0, 0.1) is 11.3 Å². The number of hydrogen-bond donors (Lipinski definition) is 1. The fourth-order valence-corrected chi connectivity index (χ4v) is 2.30. The number of hydrogen-bond acceptors (Lipinski definition) is 2. The predicted octanol–water partition coefficient (Wildman–Crippen LogP) is 4.95. The molecule has 94 valence electrons. The number of nitrogens with zero attached hydrogens (tertiary/aromatic N) is 1. The molecule has 0 aliphatic rings. The quantitative estimate of drug-likeness (QED) is 0.357. The van der Waals surface area contributed by atoms with Gasteiger partial charge in [0.05, 0.1) is 25.1 Å². The van der Waals surface area contributed by atoms with Crippen molar-refractivity contribution in [1.82, 2.24) is 0 Å². The van der Waals surface area contributed by atoms with Crippen molar-refractivity contribution >= 4 is 70.1 Å². The molecule has 18 heavy (non-hydrogen) atoms. The molecule has 0 aliphatic carbocycles. The van der Waals surface area contributed by atoms with Crippen LogP contribution in [0.15, 0.2) is 5.57 Å². The minimum atomic E-state index is -1.42. The Morgan fingerprint density at radius 1 is 1.00 bits per heavy atom. The van der Waals surface area contributed by atoms with Crippen LogP contribution in [0.5, 0.6) is 0 Å². The van der Waals surface area contributed by atoms with E-state index < -0.39 is 11.5 Å². The second-order valence-corrected chi connectivity index (χ2v) is 4.85. The Labute approximate surface area is 127 Å². The van der Waals surface area contributed by atoms with Crippen LogP contribution < -0.4 is 0 Å². The summed E-state index contributed by atoms with van der Waals surface area (Å²) >= 11 is 29.1. The number of carboxylic acids is 1. The van der Waals surface area contributed by atoms with Gasteiger partial charge in [0, 0.05) is 5.56 Å². The summed E-state index contributed by atoms with van der Waals surface area (Å²) in [5.41, 5.74) is -0.537. The standard InChI is InChI=1S/C10H2Cl5NO2/c11-5-4(1-3(2-16)10(17)18)6(12)8(14)9(15)7(5)13/h1H,(H,17,18). The fourth-order valence-electron chi connectivity index (χ4n) is 1.03. The first kappa shape index (κ1) is 15.4. The molecular formula is C10H2Cl5NO2. The summed E-state index contributed by atoms with van der Waals surface area (Å²) in [6, 6.07) is 1.48. The molecule has 1 N–H and O–H groups in total. The molecule has 1 rings (SSSR count). The third-order valence-corrected chi connectivity index (χ3v) is 4.19. The molecule has 0 fully saturated rings. The van der Waals surface area contributed by atoms with Crippen molar-refractivity contribution in [2.24, 2.45) is 0 Å². The van der Waals surface area contributed by atoms with Gasteiger partial charge in [-0.1, -0.05) is 58.0 Å². The molecule has 0 saturated heterocycles. The molecule has 0 saturated carbocycles. The lowest BCUT2D eigenvalue weighted by Crippen LogP contribution is -1.98. The van der Waals surface area contributed by atoms with Gasteiger partial charge in [-0.2, -0.15) is 5.26 Å². The highest BCUT2D eigenvalue weighted by atomic mass is 35.5. The van der Waals surface area contributed by atoms with E-state index in [0.717, 1.165) is 6.08 Å². The zero-order valence-electron chi connectivity index (χ0n) is 8.27. The molecule has 0 unspecified atom stereocenters. The molecule has 1 aromatic carbocycles. The van der Waals surface area contributed by atoms with Crippen molar-refractivity contribution in [3.8, 4) is 6.07 Å². The third kappa shape index (κ3) is 2.85. The summed E-state index contributed by atoms with van der Waals surface area (Å²) in [5.74, 6) is -1.42. The highest BCUT2D eigenvalue weighted by molar-refractivity contribution is 6.55. The van der Waals surface area contributed by atoms with Crippen LogP contribution in [0.2, 0.25) is 25.1 Å². The number of halogens is 5. The van der Waals surface area contributed by atoms with Crippen molar-refractivity contribution in [1.29, 1.82) is 5.26 Å². The molecule has 0 bridgehead atoms. The van der Waals surface area contributed by atoms with E-state index in [1.807, 2.05) is 0 Å². The van der Waals surface area contributed by atoms with Crippen LogP contribution in [0.25, 0.3) is 6.08 Å². The monoisotopic (exact) mass is 343 g/mol. The van der Waals surface area contributed by atoms with Crippen molar-refractivity contribution in [2.45, 2.75) is 0 Å². The maximum absolute atomic E-state index is 10.7. The number of carboxylic acid groups (broad SMARTS) is 1. The summed E-state index contributed by atoms with van der Waals surface area (Å²) in [4.78, 5) is 10.7. The highest BCUT2D eigenvalue weighted by Gasteiger charge is 2.19. The molecule has 0 atom stereocenters. The number of nitriles is 1. The first-order valence-electron chi connectivity index (χ1n) is 4.17. The van der Waals surface area contributed by atoms with Crippen molar-refractivity contribution in [3.63, 3.8) is 0 Å². The van der Waals surface area contributed by atoms with E-state index in [1.54, 1.807) is 0 Å². The highest BCUT2D eigenvalue weighted by Crippen LogP contribution is 2.44. The van der Waals surface area contributed by atoms with Crippen molar-refractivity contribution < 1.29 is 9.90 Å². The van der Waals surface area contributed by atoms with Crippen LogP contribution in [0.3, 0.4) is 0 Å². The Kier molecular flexibility index (Phi) is 5.15. The molecule has 0 amide bonds. The van der Waals surface area contributed by atoms with Gasteiger partial charge in [0.25, 0.3) is 0 Å². The first-order valence-corrected chi connectivity index (χ1v) is 6.06. The predicted molar refractivity (Wildman–Crippen MR) is 72.7 cm³/mol. The molecule has 0 heterocycles. The van der Waals surface area contributed by atoms with Crippen LogP contribution in [0.1, 0.15) is 5.56 Å². The molecule has 0 spiro atoms. The topological polar surface area (TPSA) is 61.1 Å². The van der Waals surface area contributed by atoms with E-state index in [0.29, 0.717) is 0 Å². The van der Waals surface area contributed by atoms with E-state index in [9.17, 15) is 4.79 Å². The van der Waals surface area contributed by atoms with Crippen LogP contribution in [-0.4, -0.2) is 11.1 Å². The van der Waals surface area contributed by atoms with Crippen LogP contribution >= 0.6 is 58.0 Å². The largest absolute Gasteiger partial charge is 0.477 e. The van der Waals surface area contributed by atoms with E-state index in [1.165, 1.54) is 6.07 Å². The van der Waals surface area contributed by atoms with E-state index >= 15 is 0 Å². The van der Waals surface area contributed by atoms with Crippen LogP contribution in [-0.2, 0) is 4.79 Å². The summed E-state index contributed by atoms with van der Waals surface area (Å²) in [6.45, 7) is 0. The van der Waals surface area contributed by atoms with Gasteiger partial charge >= 0.3 is 5.97 Å². The van der Waals surface area contributed by atoms with Gasteiger partial charge in [-0.15, -0.1) is 0 Å². The SMILES string of the molecule is N#CC(=Cc1c(Cl)c(Cl)c(Cl)c(Cl)c1Cl)C(=O)O. The van der Waals surface area contributed by atoms with Gasteiger partial charge in [-0.25, -0.2) is 4.79 Å². The number of aliphatic carboxylic acids is 1. The normalized spacial score (nSPS) is 11.2.